The Bertz CT molecular complexity index is 2520. The number of ketones is 2. The number of hydrogen-bond donors (Lipinski definition) is 4. The van der Waals surface area contributed by atoms with E-state index in [-0.39, 0.29) is 76.0 Å². The Labute approximate surface area is 381 Å². The third-order valence-electron chi connectivity index (χ3n) is 9.77. The molecule has 2 aromatic carbocycles. The zero-order chi connectivity index (χ0) is 47.4. The van der Waals surface area contributed by atoms with Crippen molar-refractivity contribution in [2.45, 2.75) is 71.1 Å². The van der Waals surface area contributed by atoms with Gasteiger partial charge in [0.15, 0.2) is 0 Å². The zero-order valence-corrected chi connectivity index (χ0v) is 38.6. The van der Waals surface area contributed by atoms with Crippen LogP contribution in [0.25, 0.3) is 0 Å². The first-order chi connectivity index (χ1) is 30.2. The molecule has 65 heavy (non-hydrogen) atoms. The van der Waals surface area contributed by atoms with Crippen molar-refractivity contribution in [1.29, 1.82) is 0 Å². The molecule has 358 valence electrons. The molecule has 1 atom stereocenters. The molecule has 4 aromatic rings. The maximum absolute atomic E-state index is 13.7. The van der Waals surface area contributed by atoms with Gasteiger partial charge in [-0.15, -0.1) is 0 Å². The molecule has 19 nitrogen and oxygen atoms in total. The highest BCUT2D eigenvalue weighted by atomic mass is 32.2. The average Bonchev–Trinajstić information content (AvgIpc) is 3.24. The number of carbonyl (C=O) groups is 2. The molecule has 0 saturated carbocycles. The van der Waals surface area contributed by atoms with E-state index in [4.69, 9.17) is 26.7 Å². The Hall–Kier alpha value is -5.27. The van der Waals surface area contributed by atoms with E-state index in [1.165, 1.54) is 57.8 Å². The van der Waals surface area contributed by atoms with Crippen LogP contribution >= 0.6 is 0 Å². The Morgan fingerprint density at radius 2 is 1.17 bits per heavy atom. The monoisotopic (exact) mass is 968 g/mol. The number of anilines is 3. The highest BCUT2D eigenvalue weighted by Gasteiger charge is 2.27. The van der Waals surface area contributed by atoms with Gasteiger partial charge in [0.05, 0.1) is 58.8 Å². The third kappa shape index (κ3) is 15.4. The van der Waals surface area contributed by atoms with Crippen LogP contribution in [-0.4, -0.2) is 131 Å². The Morgan fingerprint density at radius 3 is 1.57 bits per heavy atom. The predicted molar refractivity (Wildman–Crippen MR) is 245 cm³/mol. The fraction of sp³-hybridized carbons (Fsp3) is 0.463. The van der Waals surface area contributed by atoms with Crippen LogP contribution in [0.5, 0.6) is 11.5 Å². The minimum Gasteiger partial charge on any atom is -0.493 e. The summed E-state index contributed by atoms with van der Waals surface area (Å²) in [6.07, 6.45) is 7.68. The van der Waals surface area contributed by atoms with Gasteiger partial charge in [0, 0.05) is 56.4 Å². The zero-order valence-electron chi connectivity index (χ0n) is 36.1. The van der Waals surface area contributed by atoms with Crippen LogP contribution in [0.1, 0.15) is 85.7 Å². The molecule has 2 aliphatic rings. The van der Waals surface area contributed by atoms with Crippen LogP contribution in [-0.2, 0) is 30.8 Å². The number of nitrogens with two attached hydrogens (primary N) is 3. The Morgan fingerprint density at radius 1 is 0.738 bits per heavy atom. The minimum atomic E-state index is -3.20. The van der Waals surface area contributed by atoms with E-state index >= 15 is 0 Å². The molecule has 2 aliphatic heterocycles. The summed E-state index contributed by atoms with van der Waals surface area (Å²) in [4.78, 5) is 41.6. The van der Waals surface area contributed by atoms with Crippen molar-refractivity contribution in [2.24, 2.45) is 5.73 Å². The van der Waals surface area contributed by atoms with Crippen LogP contribution in [0.15, 0.2) is 53.9 Å². The second-order valence-electron chi connectivity index (χ2n) is 14.5. The van der Waals surface area contributed by atoms with Crippen LogP contribution in [0.4, 0.5) is 26.4 Å². The van der Waals surface area contributed by atoms with Gasteiger partial charge in [-0.1, -0.05) is 14.4 Å². The number of rotatable bonds is 14. The lowest BCUT2D eigenvalue weighted by molar-refractivity contribution is 0.102. The number of sulfonamides is 2. The van der Waals surface area contributed by atoms with Crippen LogP contribution in [0, 0.1) is 11.6 Å². The number of nitrogens with zero attached hydrogens (tertiary/aromatic N) is 6. The highest BCUT2D eigenvalue weighted by Crippen LogP contribution is 2.27. The van der Waals surface area contributed by atoms with E-state index in [0.29, 0.717) is 58.0 Å². The first-order valence-electron chi connectivity index (χ1n) is 20.2. The largest absolute Gasteiger partial charge is 0.493 e. The molecule has 4 heterocycles. The molecule has 24 heteroatoms. The SMILES string of the molecule is C.CCOc1ccc(F)cc1C(=O)c1cnc(NC2CCN(S(C)(=O)=O)CC2)nc1N.CCOc1ccc(F)cc1C(=O)c1cnc(S(=O)CC)nc1N.CS(=O)(=O)N1CCC(N)CC1. The number of nitrogen functional groups attached to an aromatic ring is 2. The van der Waals surface area contributed by atoms with Gasteiger partial charge in [0.1, 0.15) is 34.8 Å². The molecule has 2 fully saturated rings. The van der Waals surface area contributed by atoms with Crippen molar-refractivity contribution in [2.75, 3.05) is 74.4 Å². The van der Waals surface area contributed by atoms with Crippen LogP contribution in [0.3, 0.4) is 0 Å². The van der Waals surface area contributed by atoms with Gasteiger partial charge in [-0.2, -0.15) is 4.98 Å². The summed E-state index contributed by atoms with van der Waals surface area (Å²) >= 11 is 0. The average molecular weight is 969 g/mol. The molecule has 1 unspecified atom stereocenters. The van der Waals surface area contributed by atoms with Crippen LogP contribution in [0.2, 0.25) is 0 Å². The smallest absolute Gasteiger partial charge is 0.224 e. The van der Waals surface area contributed by atoms with Crippen molar-refractivity contribution in [3.8, 4) is 11.5 Å². The number of piperidine rings is 2. The first kappa shape index (κ1) is 54.1. The summed E-state index contributed by atoms with van der Waals surface area (Å²) in [6, 6.07) is 7.52. The first-order valence-corrected chi connectivity index (χ1v) is 25.2. The summed E-state index contributed by atoms with van der Waals surface area (Å²) in [5.74, 6) is -1.30. The maximum Gasteiger partial charge on any atom is 0.224 e. The molecule has 0 bridgehead atoms. The normalized spacial score (nSPS) is 15.5. The summed E-state index contributed by atoms with van der Waals surface area (Å²) < 4.78 is 97.6. The van der Waals surface area contributed by atoms with Crippen molar-refractivity contribution in [1.82, 2.24) is 28.5 Å². The highest BCUT2D eigenvalue weighted by molar-refractivity contribution is 7.88. The second-order valence-corrected chi connectivity index (χ2v) is 20.1. The van der Waals surface area contributed by atoms with Gasteiger partial charge in [-0.25, -0.2) is 49.2 Å². The minimum absolute atomic E-state index is 0. The molecule has 6 rings (SSSR count). The summed E-state index contributed by atoms with van der Waals surface area (Å²) in [6.45, 7) is 7.85. The van der Waals surface area contributed by atoms with E-state index in [1.54, 1.807) is 20.8 Å². The van der Waals surface area contributed by atoms with Crippen molar-refractivity contribution >= 4 is 60.0 Å². The molecule has 7 N–H and O–H groups in total. The maximum atomic E-state index is 13.7. The number of ether oxygens (including phenoxy) is 2. The number of hydrogen-bond acceptors (Lipinski definition) is 17. The molecule has 0 amide bonds. The predicted octanol–water partition coefficient (Wildman–Crippen LogP) is 3.62. The second kappa shape index (κ2) is 24.3. The number of carbonyl (C=O) groups excluding carboxylic acids is 2. The van der Waals surface area contributed by atoms with Crippen molar-refractivity contribution in [3.05, 3.63) is 82.7 Å². The van der Waals surface area contributed by atoms with Gasteiger partial charge in [-0.3, -0.25) is 13.8 Å². The molecule has 0 spiro atoms. The van der Waals surface area contributed by atoms with Gasteiger partial charge >= 0.3 is 0 Å². The lowest BCUT2D eigenvalue weighted by Crippen LogP contribution is -2.42. The quantitative estimate of drug-likeness (QED) is 0.104. The van der Waals surface area contributed by atoms with Gasteiger partial charge < -0.3 is 32.0 Å². The van der Waals surface area contributed by atoms with E-state index in [1.807, 2.05) is 0 Å². The lowest BCUT2D eigenvalue weighted by Gasteiger charge is -2.30. The fourth-order valence-electron chi connectivity index (χ4n) is 6.37. The van der Waals surface area contributed by atoms with Gasteiger partial charge in [0.2, 0.25) is 42.7 Å². The lowest BCUT2D eigenvalue weighted by atomic mass is 10.0. The summed E-state index contributed by atoms with van der Waals surface area (Å²) in [7, 11) is -7.55. The molecular weight excluding hydrogens is 911 g/mol. The molecule has 2 saturated heterocycles. The van der Waals surface area contributed by atoms with Crippen molar-refractivity contribution < 1.29 is 48.9 Å². The summed E-state index contributed by atoms with van der Waals surface area (Å²) in [5.41, 5.74) is 17.5. The number of nitrogens with one attached hydrogen (secondary N) is 1. The summed E-state index contributed by atoms with van der Waals surface area (Å²) in [5, 5.41) is 3.18. The molecule has 0 aliphatic carbocycles. The number of benzene rings is 2. The van der Waals surface area contributed by atoms with Crippen molar-refractivity contribution in [3.63, 3.8) is 0 Å². The third-order valence-corrected chi connectivity index (χ3v) is 13.5. The Kier molecular flexibility index (Phi) is 20.2. The van der Waals surface area contributed by atoms with E-state index in [0.717, 1.165) is 25.0 Å². The van der Waals surface area contributed by atoms with E-state index in [2.05, 4.69) is 25.3 Å². The number of aromatic nitrogens is 4. The topological polar surface area (TPSA) is 286 Å². The molecule has 0 radical (unpaired) electrons. The van der Waals surface area contributed by atoms with E-state index in [9.17, 15) is 39.4 Å². The molecular formula is C41H58F2N10O9S3. The standard InChI is InChI=1S/C19H24FN5O4S.C15H16FN3O3S.C6H14N2O2S.CH4/c1-3-29-16-5-4-12(20)10-14(16)17(26)15-11-22-19(24-18(15)21)23-13-6-8-25(9-7-13)30(2,27)28;1-3-22-12-6-5-9(16)7-10(12)13(20)11-8-18-15(19-14(11)17)23(21)4-2;1-11(9,10)8-4-2-6(7)3-5-8;/h4-5,10-11,13H,3,6-9H2,1-2H3,(H3,21,22,23,24);5-8H,3-4H2,1-2H3,(H2,17,18,19);6H,2-5,7H2,1H3;1H4. The van der Waals surface area contributed by atoms with E-state index < -0.39 is 54.0 Å². The fourth-order valence-corrected chi connectivity index (χ4v) is 8.74. The Balaban J connectivity index is 0.000000283. The van der Waals surface area contributed by atoms with Crippen LogP contribution < -0.4 is 32.0 Å². The number of halogens is 2. The van der Waals surface area contributed by atoms with Gasteiger partial charge in [0.25, 0.3) is 0 Å². The van der Waals surface area contributed by atoms with Gasteiger partial charge in [-0.05, 0) is 75.9 Å². The molecule has 2 aromatic heterocycles.